The smallest absolute Gasteiger partial charge is 0.246 e. The highest BCUT2D eigenvalue weighted by atomic mass is 32.2. The van der Waals surface area contributed by atoms with Gasteiger partial charge in [0.05, 0.1) is 36.3 Å². The number of fused-ring (bicyclic) bond motifs is 2. The maximum absolute atomic E-state index is 14.2. The molecule has 0 radical (unpaired) electrons. The van der Waals surface area contributed by atoms with Crippen molar-refractivity contribution in [3.63, 3.8) is 0 Å². The third-order valence-electron chi connectivity index (χ3n) is 8.95. The van der Waals surface area contributed by atoms with Crippen molar-refractivity contribution in [2.75, 3.05) is 7.11 Å². The molecule has 0 saturated heterocycles. The summed E-state index contributed by atoms with van der Waals surface area (Å²) in [4.78, 5) is 13.7. The van der Waals surface area contributed by atoms with Crippen LogP contribution in [-0.4, -0.2) is 51.2 Å². The number of sulfonamides is 1. The summed E-state index contributed by atoms with van der Waals surface area (Å²) in [5, 5.41) is 8.70. The molecule has 4 aromatic rings. The molecule has 2 atom stereocenters. The molecule has 2 heterocycles. The van der Waals surface area contributed by atoms with Gasteiger partial charge in [0.25, 0.3) is 0 Å². The van der Waals surface area contributed by atoms with Gasteiger partial charge in [0.1, 0.15) is 22.2 Å². The Morgan fingerprint density at radius 3 is 2.58 bits per heavy atom. The Labute approximate surface area is 250 Å². The fourth-order valence-corrected chi connectivity index (χ4v) is 8.13. The summed E-state index contributed by atoms with van der Waals surface area (Å²) >= 11 is 0. The van der Waals surface area contributed by atoms with Gasteiger partial charge in [-0.25, -0.2) is 17.5 Å². The fourth-order valence-electron chi connectivity index (χ4n) is 6.51. The minimum atomic E-state index is -3.96. The number of halogens is 1. The molecule has 0 N–H and O–H groups in total. The van der Waals surface area contributed by atoms with Gasteiger partial charge in [0.2, 0.25) is 10.0 Å². The van der Waals surface area contributed by atoms with Crippen molar-refractivity contribution in [2.24, 2.45) is 12.5 Å². The predicted octanol–water partition coefficient (Wildman–Crippen LogP) is 5.02. The fraction of sp³-hybridized carbons (Fsp3) is 0.344. The van der Waals surface area contributed by atoms with Crippen LogP contribution in [0.25, 0.3) is 11.8 Å². The number of Topliss-reactive ketones (excluding diaryl/α,β-unsaturated/α-hetero) is 1. The number of carbonyl (C=O) groups excluding carboxylic acids is 1. The van der Waals surface area contributed by atoms with Crippen molar-refractivity contribution in [2.45, 2.75) is 57.0 Å². The van der Waals surface area contributed by atoms with Gasteiger partial charge in [-0.1, -0.05) is 11.6 Å². The molecule has 11 heteroatoms. The van der Waals surface area contributed by atoms with Crippen LogP contribution in [0.2, 0.25) is 0 Å². The van der Waals surface area contributed by atoms with Gasteiger partial charge in [-0.15, -0.1) is 0 Å². The first kappa shape index (κ1) is 29.0. The van der Waals surface area contributed by atoms with E-state index in [1.807, 2.05) is 31.2 Å². The van der Waals surface area contributed by atoms with Crippen LogP contribution in [0.15, 0.2) is 71.5 Å². The first-order valence-corrected chi connectivity index (χ1v) is 15.6. The lowest BCUT2D eigenvalue weighted by Crippen LogP contribution is -2.49. The molecule has 2 aromatic heterocycles. The Hall–Kier alpha value is -4.09. The third kappa shape index (κ3) is 5.10. The first-order chi connectivity index (χ1) is 20.5. The van der Waals surface area contributed by atoms with E-state index in [2.05, 4.69) is 10.2 Å². The molecule has 0 bridgehead atoms. The molecule has 9 nitrogen and oxygen atoms in total. The first-order valence-electron chi connectivity index (χ1n) is 14.2. The summed E-state index contributed by atoms with van der Waals surface area (Å²) in [7, 11) is -0.672. The zero-order chi connectivity index (χ0) is 30.5. The van der Waals surface area contributed by atoms with E-state index in [4.69, 9.17) is 4.74 Å². The van der Waals surface area contributed by atoms with Crippen LogP contribution in [0.4, 0.5) is 4.39 Å². The van der Waals surface area contributed by atoms with Gasteiger partial charge in [-0.05, 0) is 98.7 Å². The Balaban J connectivity index is 1.39. The Bertz CT molecular complexity index is 1840. The molecule has 0 aliphatic heterocycles. The quantitative estimate of drug-likeness (QED) is 0.281. The normalized spacial score (nSPS) is 20.0. The molecule has 6 rings (SSSR count). The lowest BCUT2D eigenvalue weighted by atomic mass is 9.61. The van der Waals surface area contributed by atoms with E-state index >= 15 is 0 Å². The van der Waals surface area contributed by atoms with Crippen molar-refractivity contribution in [3.8, 4) is 11.4 Å². The molecule has 0 unspecified atom stereocenters. The van der Waals surface area contributed by atoms with Crippen LogP contribution in [0.3, 0.4) is 0 Å². The number of benzene rings is 2. The van der Waals surface area contributed by atoms with Gasteiger partial charge in [-0.3, -0.25) is 9.48 Å². The van der Waals surface area contributed by atoms with E-state index in [1.165, 1.54) is 29.2 Å². The minimum Gasteiger partial charge on any atom is -0.497 e. The monoisotopic (exact) mass is 603 g/mol. The van der Waals surface area contributed by atoms with Crippen LogP contribution in [0.5, 0.6) is 5.75 Å². The van der Waals surface area contributed by atoms with Crippen molar-refractivity contribution < 1.29 is 22.3 Å². The lowest BCUT2D eigenvalue weighted by molar-refractivity contribution is -0.126. The molecule has 2 aromatic carbocycles. The van der Waals surface area contributed by atoms with E-state index in [-0.39, 0.29) is 23.0 Å². The van der Waals surface area contributed by atoms with Crippen molar-refractivity contribution in [1.29, 1.82) is 0 Å². The number of allylic oxidation sites excluding steroid dienone is 1. The number of ketones is 1. The Morgan fingerprint density at radius 1 is 1.16 bits per heavy atom. The lowest BCUT2D eigenvalue weighted by Gasteiger charge is -2.46. The van der Waals surface area contributed by atoms with Gasteiger partial charge >= 0.3 is 0 Å². The van der Waals surface area contributed by atoms with Gasteiger partial charge in [0.15, 0.2) is 0 Å². The van der Waals surface area contributed by atoms with Crippen molar-refractivity contribution >= 4 is 21.9 Å². The van der Waals surface area contributed by atoms with Gasteiger partial charge < -0.3 is 4.74 Å². The van der Waals surface area contributed by atoms with Crippen LogP contribution in [0.1, 0.15) is 48.6 Å². The molecule has 0 spiro atoms. The van der Waals surface area contributed by atoms with E-state index in [0.29, 0.717) is 31.4 Å². The van der Waals surface area contributed by atoms with Crippen LogP contribution >= 0.6 is 0 Å². The minimum absolute atomic E-state index is 0.00276. The van der Waals surface area contributed by atoms with Crippen molar-refractivity contribution in [1.82, 2.24) is 23.9 Å². The summed E-state index contributed by atoms with van der Waals surface area (Å²) < 4.78 is 52.2. The zero-order valence-corrected chi connectivity index (χ0v) is 25.4. The molecule has 2 aliphatic rings. The average Bonchev–Trinajstić information content (AvgIpc) is 3.61. The topological polar surface area (TPSA) is 99.3 Å². The van der Waals surface area contributed by atoms with Crippen LogP contribution in [0, 0.1) is 18.2 Å². The number of hydrogen-bond donors (Lipinski definition) is 0. The third-order valence-corrected chi connectivity index (χ3v) is 10.8. The van der Waals surface area contributed by atoms with Gasteiger partial charge in [0, 0.05) is 25.8 Å². The maximum Gasteiger partial charge on any atom is 0.246 e. The number of aryl methyl sites for hydroxylation is 2. The molecular formula is C32H34FN5O4S. The highest BCUT2D eigenvalue weighted by Gasteiger charge is 2.49. The second-order valence-corrected chi connectivity index (χ2v) is 13.4. The van der Waals surface area contributed by atoms with Gasteiger partial charge in [-0.2, -0.15) is 14.5 Å². The number of aromatic nitrogens is 4. The summed E-state index contributed by atoms with van der Waals surface area (Å²) in [5.41, 5.74) is 4.39. The highest BCUT2D eigenvalue weighted by Crippen LogP contribution is 2.50. The van der Waals surface area contributed by atoms with E-state index in [0.717, 1.165) is 33.6 Å². The summed E-state index contributed by atoms with van der Waals surface area (Å²) in [6, 6.07) is 11.3. The van der Waals surface area contributed by atoms with E-state index in [1.54, 1.807) is 48.4 Å². The number of methoxy groups -OCH3 is 1. The molecule has 1 fully saturated rings. The molecule has 43 heavy (non-hydrogen) atoms. The average molecular weight is 604 g/mol. The summed E-state index contributed by atoms with van der Waals surface area (Å²) in [6.07, 6.45) is 8.54. The largest absolute Gasteiger partial charge is 0.497 e. The number of nitrogens with zero attached hydrogens (tertiary/aromatic N) is 5. The Morgan fingerprint density at radius 2 is 1.93 bits per heavy atom. The van der Waals surface area contributed by atoms with Crippen molar-refractivity contribution in [3.05, 3.63) is 94.8 Å². The summed E-state index contributed by atoms with van der Waals surface area (Å²) in [5.74, 6) is 0.376. The number of ether oxygens (including phenoxy) is 1. The number of rotatable bonds is 8. The number of carbonyl (C=O) groups is 1. The molecule has 2 aliphatic carbocycles. The van der Waals surface area contributed by atoms with E-state index < -0.39 is 21.5 Å². The zero-order valence-electron chi connectivity index (χ0n) is 24.6. The molecule has 224 valence electrons. The molecule has 1 saturated carbocycles. The van der Waals surface area contributed by atoms with Crippen LogP contribution < -0.4 is 4.74 Å². The molecular weight excluding hydrogens is 569 g/mol. The second kappa shape index (κ2) is 10.9. The second-order valence-electron chi connectivity index (χ2n) is 11.5. The maximum atomic E-state index is 14.2. The van der Waals surface area contributed by atoms with Crippen LogP contribution in [-0.2, 0) is 34.8 Å². The van der Waals surface area contributed by atoms with E-state index in [9.17, 15) is 17.6 Å². The summed E-state index contributed by atoms with van der Waals surface area (Å²) in [6.45, 7) is 3.69. The standard InChI is InChI=1S/C32H34FN5O4S/c1-21-13-29(42-4)12-5-23(21)19-37(43(40,41)30-18-34-36(3)20-30)28-9-6-25-14-31-24(15-32(25,16-28)22(2)39)17-35-38(31)27-10-7-26(33)8-11-27/h5,7-8,10-14,17-18,20,28H,6,9,15-16,19H2,1-4H3/t28-,32+/m0/s1. The number of hydrogen-bond acceptors (Lipinski definition) is 6. The molecule has 0 amide bonds. The Kier molecular flexibility index (Phi) is 7.34. The predicted molar refractivity (Wildman–Crippen MR) is 160 cm³/mol. The SMILES string of the molecule is COc1ccc(CN([C@H]2CCC3=Cc4c(cnn4-c4ccc(F)cc4)C[C@]3(C(C)=O)C2)S(=O)(=O)c2cnn(C)c2)c(C)c1. The highest BCUT2D eigenvalue weighted by molar-refractivity contribution is 7.89.